The van der Waals surface area contributed by atoms with Gasteiger partial charge in [-0.3, -0.25) is 4.79 Å². The first kappa shape index (κ1) is 7.74. The minimum absolute atomic E-state index is 0.0207. The first-order valence-corrected chi connectivity index (χ1v) is 3.02. The highest BCUT2D eigenvalue weighted by atomic mass is 16.5. The van der Waals surface area contributed by atoms with Crippen molar-refractivity contribution in [1.82, 2.24) is 5.16 Å². The van der Waals surface area contributed by atoms with Gasteiger partial charge in [0.1, 0.15) is 12.9 Å². The first-order chi connectivity index (χ1) is 5.33. The third-order valence-corrected chi connectivity index (χ3v) is 0.981. The summed E-state index contributed by atoms with van der Waals surface area (Å²) in [6.45, 7) is 0.0207. The van der Waals surface area contributed by atoms with Crippen molar-refractivity contribution in [3.8, 4) is 0 Å². The highest BCUT2D eigenvalue weighted by molar-refractivity contribution is 5.90. The van der Waals surface area contributed by atoms with Crippen LogP contribution in [-0.2, 0) is 9.53 Å². The highest BCUT2D eigenvalue weighted by Crippen LogP contribution is 1.99. The molecule has 0 aliphatic heterocycles. The predicted octanol–water partition coefficient (Wildman–Crippen LogP) is 0.259. The van der Waals surface area contributed by atoms with E-state index in [0.717, 1.165) is 0 Å². The Morgan fingerprint density at radius 3 is 3.27 bits per heavy atom. The molecule has 1 aromatic rings. The molecule has 0 saturated heterocycles. The fourth-order valence-corrected chi connectivity index (χ4v) is 0.587. The maximum absolute atomic E-state index is 10.8. The lowest BCUT2D eigenvalue weighted by Crippen LogP contribution is -2.17. The molecule has 1 amide bonds. The fraction of sp³-hybridized carbons (Fsp3) is 0.333. The van der Waals surface area contributed by atoms with Gasteiger partial charge < -0.3 is 14.6 Å². The number of rotatable bonds is 3. The Balaban J connectivity index is 2.37. The second kappa shape index (κ2) is 3.72. The van der Waals surface area contributed by atoms with Gasteiger partial charge in [-0.2, -0.15) is 0 Å². The number of amides is 1. The van der Waals surface area contributed by atoms with Crippen LogP contribution >= 0.6 is 0 Å². The second-order valence-electron chi connectivity index (χ2n) is 1.87. The number of carbonyl (C=O) groups is 1. The van der Waals surface area contributed by atoms with E-state index in [9.17, 15) is 4.79 Å². The van der Waals surface area contributed by atoms with Gasteiger partial charge in [0, 0.05) is 13.2 Å². The molecule has 1 heterocycles. The maximum atomic E-state index is 10.8. The molecule has 11 heavy (non-hydrogen) atoms. The summed E-state index contributed by atoms with van der Waals surface area (Å²) < 4.78 is 9.07. The minimum atomic E-state index is -0.249. The summed E-state index contributed by atoms with van der Waals surface area (Å²) in [7, 11) is 1.45. The molecule has 0 aromatic carbocycles. The van der Waals surface area contributed by atoms with Crippen molar-refractivity contribution in [2.45, 2.75) is 0 Å². The smallest absolute Gasteiger partial charge is 0.251 e. The Hall–Kier alpha value is -1.36. The van der Waals surface area contributed by atoms with E-state index in [4.69, 9.17) is 0 Å². The zero-order valence-electron chi connectivity index (χ0n) is 6.03. The molecule has 0 bridgehead atoms. The minimum Gasteiger partial charge on any atom is -0.375 e. The van der Waals surface area contributed by atoms with Gasteiger partial charge in [0.25, 0.3) is 5.91 Å². The third-order valence-electron chi connectivity index (χ3n) is 0.981. The van der Waals surface area contributed by atoms with E-state index in [0.29, 0.717) is 5.82 Å². The third kappa shape index (κ3) is 2.38. The van der Waals surface area contributed by atoms with Crippen LogP contribution in [0.15, 0.2) is 16.9 Å². The number of methoxy groups -OCH3 is 1. The number of ether oxygens (including phenoxy) is 1. The second-order valence-corrected chi connectivity index (χ2v) is 1.87. The molecule has 0 unspecified atom stereocenters. The van der Waals surface area contributed by atoms with Gasteiger partial charge in [0.2, 0.25) is 0 Å². The summed E-state index contributed by atoms with van der Waals surface area (Å²) in [5, 5.41) is 5.93. The number of anilines is 1. The van der Waals surface area contributed by atoms with Crippen LogP contribution in [0.2, 0.25) is 0 Å². The van der Waals surface area contributed by atoms with Crippen molar-refractivity contribution in [1.29, 1.82) is 0 Å². The lowest BCUT2D eigenvalue weighted by Gasteiger charge is -1.97. The Kier molecular flexibility index (Phi) is 2.62. The molecule has 1 N–H and O–H groups in total. The van der Waals surface area contributed by atoms with E-state index >= 15 is 0 Å². The zero-order valence-corrected chi connectivity index (χ0v) is 6.03. The molecule has 1 aromatic heterocycles. The van der Waals surface area contributed by atoms with E-state index in [1.807, 2.05) is 0 Å². The van der Waals surface area contributed by atoms with E-state index in [2.05, 4.69) is 19.7 Å². The molecule has 60 valence electrons. The normalized spacial score (nSPS) is 9.55. The predicted molar refractivity (Wildman–Crippen MR) is 37.0 cm³/mol. The SMILES string of the molecule is COCC(=O)Nc1ccon1. The van der Waals surface area contributed by atoms with Crippen molar-refractivity contribution in [3.05, 3.63) is 12.3 Å². The van der Waals surface area contributed by atoms with E-state index in [1.165, 1.54) is 13.4 Å². The Bertz CT molecular complexity index is 220. The van der Waals surface area contributed by atoms with Crippen LogP contribution in [0.5, 0.6) is 0 Å². The van der Waals surface area contributed by atoms with Crippen LogP contribution < -0.4 is 5.32 Å². The quantitative estimate of drug-likeness (QED) is 0.681. The Morgan fingerprint density at radius 2 is 2.73 bits per heavy atom. The molecule has 0 aliphatic carbocycles. The van der Waals surface area contributed by atoms with Crippen LogP contribution in [0.4, 0.5) is 5.82 Å². The lowest BCUT2D eigenvalue weighted by molar-refractivity contribution is -0.119. The summed E-state index contributed by atoms with van der Waals surface area (Å²) in [5.41, 5.74) is 0. The monoisotopic (exact) mass is 156 g/mol. The number of hydrogen-bond donors (Lipinski definition) is 1. The summed E-state index contributed by atoms with van der Waals surface area (Å²) in [5.74, 6) is 0.147. The van der Waals surface area contributed by atoms with E-state index in [-0.39, 0.29) is 12.5 Å². The van der Waals surface area contributed by atoms with Gasteiger partial charge in [-0.25, -0.2) is 0 Å². The van der Waals surface area contributed by atoms with Crippen LogP contribution in [0.3, 0.4) is 0 Å². The van der Waals surface area contributed by atoms with Crippen molar-refractivity contribution in [2.24, 2.45) is 0 Å². The Labute approximate surface area is 63.3 Å². The average Bonchev–Trinajstić information content (AvgIpc) is 2.40. The molecule has 0 aliphatic rings. The molecule has 0 radical (unpaired) electrons. The van der Waals surface area contributed by atoms with Crippen LogP contribution in [-0.4, -0.2) is 24.8 Å². The summed E-state index contributed by atoms with van der Waals surface area (Å²) >= 11 is 0. The molecular weight excluding hydrogens is 148 g/mol. The number of hydrogen-bond acceptors (Lipinski definition) is 4. The number of carbonyl (C=O) groups excluding carboxylic acids is 1. The topological polar surface area (TPSA) is 64.4 Å². The molecule has 0 atom stereocenters. The van der Waals surface area contributed by atoms with Crippen molar-refractivity contribution >= 4 is 11.7 Å². The molecule has 0 saturated carbocycles. The van der Waals surface area contributed by atoms with Gasteiger partial charge in [0.05, 0.1) is 0 Å². The van der Waals surface area contributed by atoms with E-state index < -0.39 is 0 Å². The molecule has 0 fully saturated rings. The van der Waals surface area contributed by atoms with Gasteiger partial charge in [0.15, 0.2) is 5.82 Å². The highest BCUT2D eigenvalue weighted by Gasteiger charge is 2.01. The number of aromatic nitrogens is 1. The molecular formula is C6H8N2O3. The number of nitrogens with one attached hydrogen (secondary N) is 1. The summed E-state index contributed by atoms with van der Waals surface area (Å²) in [6, 6.07) is 1.55. The van der Waals surface area contributed by atoms with Crippen molar-refractivity contribution in [3.63, 3.8) is 0 Å². The molecule has 5 heteroatoms. The zero-order chi connectivity index (χ0) is 8.10. The Morgan fingerprint density at radius 1 is 1.91 bits per heavy atom. The van der Waals surface area contributed by atoms with Gasteiger partial charge in [-0.15, -0.1) is 0 Å². The van der Waals surface area contributed by atoms with Crippen molar-refractivity contribution < 1.29 is 14.1 Å². The van der Waals surface area contributed by atoms with Gasteiger partial charge in [-0.05, 0) is 0 Å². The van der Waals surface area contributed by atoms with Crippen LogP contribution in [0, 0.1) is 0 Å². The largest absolute Gasteiger partial charge is 0.375 e. The van der Waals surface area contributed by atoms with Gasteiger partial charge >= 0.3 is 0 Å². The van der Waals surface area contributed by atoms with Crippen molar-refractivity contribution in [2.75, 3.05) is 19.0 Å². The lowest BCUT2D eigenvalue weighted by atomic mass is 10.6. The van der Waals surface area contributed by atoms with Gasteiger partial charge in [-0.1, -0.05) is 5.16 Å². The molecule has 1 rings (SSSR count). The summed E-state index contributed by atoms with van der Waals surface area (Å²) in [4.78, 5) is 10.8. The summed E-state index contributed by atoms with van der Waals surface area (Å²) in [6.07, 6.45) is 1.38. The molecule has 5 nitrogen and oxygen atoms in total. The van der Waals surface area contributed by atoms with Crippen LogP contribution in [0.1, 0.15) is 0 Å². The van der Waals surface area contributed by atoms with Crippen LogP contribution in [0.25, 0.3) is 0 Å². The number of nitrogens with zero attached hydrogens (tertiary/aromatic N) is 1. The maximum Gasteiger partial charge on any atom is 0.251 e. The standard InChI is InChI=1S/C6H8N2O3/c1-10-4-6(9)7-5-2-3-11-8-5/h2-3H,4H2,1H3,(H,7,8,9). The molecule has 0 spiro atoms. The van der Waals surface area contributed by atoms with E-state index in [1.54, 1.807) is 6.07 Å². The fourth-order valence-electron chi connectivity index (χ4n) is 0.587. The average molecular weight is 156 g/mol. The first-order valence-electron chi connectivity index (χ1n) is 3.02.